The molecule has 0 spiro atoms. The van der Waals surface area contributed by atoms with E-state index in [0.29, 0.717) is 0 Å². The monoisotopic (exact) mass is 222 g/mol. The smallest absolute Gasteiger partial charge is 0.384 e. The molecule has 2 N–H and O–H groups in total. The summed E-state index contributed by atoms with van der Waals surface area (Å²) < 4.78 is 22.2. The number of halogens is 1. The maximum atomic E-state index is 12.8. The zero-order valence-corrected chi connectivity index (χ0v) is 8.01. The van der Waals surface area contributed by atoms with Crippen LogP contribution in [-0.2, 0) is 0 Å². The van der Waals surface area contributed by atoms with Crippen LogP contribution in [0.1, 0.15) is 10.6 Å². The predicted octanol–water partition coefficient (Wildman–Crippen LogP) is 1.62. The minimum Gasteiger partial charge on any atom is -0.420 e. The SMILES string of the molecule is Nc1cnoc1C(=O)Oc1cccc(F)c1. The van der Waals surface area contributed by atoms with Crippen molar-refractivity contribution in [1.82, 2.24) is 5.16 Å². The fourth-order valence-corrected chi connectivity index (χ4v) is 1.09. The summed E-state index contributed by atoms with van der Waals surface area (Å²) in [5.41, 5.74) is 5.46. The third kappa shape index (κ3) is 2.00. The second-order valence-corrected chi connectivity index (χ2v) is 2.96. The first-order chi connectivity index (χ1) is 7.66. The Labute approximate surface area is 89.6 Å². The number of hydrogen-bond donors (Lipinski definition) is 1. The molecule has 2 rings (SSSR count). The van der Waals surface area contributed by atoms with Crippen molar-refractivity contribution >= 4 is 11.7 Å². The molecule has 0 fully saturated rings. The number of hydrogen-bond acceptors (Lipinski definition) is 5. The quantitative estimate of drug-likeness (QED) is 0.617. The molecule has 1 aromatic carbocycles. The average Bonchev–Trinajstić information content (AvgIpc) is 2.64. The molecule has 1 aromatic heterocycles. The maximum Gasteiger partial charge on any atom is 0.384 e. The van der Waals surface area contributed by atoms with Crippen LogP contribution in [0.5, 0.6) is 5.75 Å². The number of esters is 1. The Morgan fingerprint density at radius 2 is 2.31 bits per heavy atom. The minimum atomic E-state index is -0.819. The molecule has 0 radical (unpaired) electrons. The summed E-state index contributed by atoms with van der Waals surface area (Å²) in [6.45, 7) is 0. The van der Waals surface area contributed by atoms with Gasteiger partial charge in [-0.2, -0.15) is 0 Å². The normalized spacial score (nSPS) is 10.1. The number of ether oxygens (including phenoxy) is 1. The third-order valence-corrected chi connectivity index (χ3v) is 1.79. The maximum absolute atomic E-state index is 12.8. The molecule has 2 aromatic rings. The molecule has 0 aliphatic heterocycles. The van der Waals surface area contributed by atoms with Crippen molar-refractivity contribution in [2.75, 3.05) is 5.73 Å². The Kier molecular flexibility index (Phi) is 2.55. The molecule has 0 saturated carbocycles. The van der Waals surface area contributed by atoms with E-state index in [1.54, 1.807) is 0 Å². The first-order valence-electron chi connectivity index (χ1n) is 4.34. The van der Waals surface area contributed by atoms with E-state index in [9.17, 15) is 9.18 Å². The van der Waals surface area contributed by atoms with E-state index in [1.165, 1.54) is 24.4 Å². The first kappa shape index (κ1) is 10.2. The summed E-state index contributed by atoms with van der Waals surface area (Å²) in [6.07, 6.45) is 1.18. The highest BCUT2D eigenvalue weighted by Crippen LogP contribution is 2.16. The van der Waals surface area contributed by atoms with Gasteiger partial charge in [0.05, 0.1) is 6.20 Å². The molecule has 0 amide bonds. The number of benzene rings is 1. The number of carbonyl (C=O) groups is 1. The predicted molar refractivity (Wildman–Crippen MR) is 52.3 cm³/mol. The van der Waals surface area contributed by atoms with Crippen molar-refractivity contribution in [3.05, 3.63) is 42.0 Å². The molecule has 0 atom stereocenters. The van der Waals surface area contributed by atoms with Gasteiger partial charge >= 0.3 is 5.97 Å². The Morgan fingerprint density at radius 3 is 2.94 bits per heavy atom. The molecule has 0 bridgehead atoms. The van der Waals surface area contributed by atoms with Gasteiger partial charge in [-0.15, -0.1) is 0 Å². The standard InChI is InChI=1S/C10H7FN2O3/c11-6-2-1-3-7(4-6)15-10(14)9-8(12)5-13-16-9/h1-5H,12H2. The topological polar surface area (TPSA) is 78.4 Å². The van der Waals surface area contributed by atoms with Crippen molar-refractivity contribution in [2.24, 2.45) is 0 Å². The van der Waals surface area contributed by atoms with Crippen molar-refractivity contribution in [3.8, 4) is 5.75 Å². The molecule has 0 saturated heterocycles. The van der Waals surface area contributed by atoms with Crippen LogP contribution < -0.4 is 10.5 Å². The van der Waals surface area contributed by atoms with Crippen LogP contribution in [-0.4, -0.2) is 11.1 Å². The molecular weight excluding hydrogens is 215 g/mol. The van der Waals surface area contributed by atoms with Gasteiger partial charge in [0.25, 0.3) is 5.76 Å². The number of carbonyl (C=O) groups excluding carboxylic acids is 1. The minimum absolute atomic E-state index is 0.0702. The van der Waals surface area contributed by atoms with Crippen molar-refractivity contribution in [1.29, 1.82) is 0 Å². The van der Waals surface area contributed by atoms with Crippen LogP contribution in [0.25, 0.3) is 0 Å². The second-order valence-electron chi connectivity index (χ2n) is 2.96. The highest BCUT2D eigenvalue weighted by atomic mass is 19.1. The zero-order chi connectivity index (χ0) is 11.5. The fourth-order valence-electron chi connectivity index (χ4n) is 1.09. The lowest BCUT2D eigenvalue weighted by molar-refractivity contribution is 0.0692. The lowest BCUT2D eigenvalue weighted by Crippen LogP contribution is -2.09. The fraction of sp³-hybridized carbons (Fsp3) is 0. The van der Waals surface area contributed by atoms with Gasteiger partial charge in [-0.25, -0.2) is 9.18 Å². The number of rotatable bonds is 2. The van der Waals surface area contributed by atoms with Gasteiger partial charge in [-0.3, -0.25) is 0 Å². The van der Waals surface area contributed by atoms with Crippen LogP contribution in [0.3, 0.4) is 0 Å². The van der Waals surface area contributed by atoms with Crippen LogP contribution >= 0.6 is 0 Å². The number of anilines is 1. The molecular formula is C10H7FN2O3. The highest BCUT2D eigenvalue weighted by molar-refractivity contribution is 5.92. The summed E-state index contributed by atoms with van der Waals surface area (Å²) in [7, 11) is 0. The third-order valence-electron chi connectivity index (χ3n) is 1.79. The number of nitrogens with zero attached hydrogens (tertiary/aromatic N) is 1. The Hall–Kier alpha value is -2.37. The lowest BCUT2D eigenvalue weighted by atomic mass is 10.3. The van der Waals surface area contributed by atoms with Crippen LogP contribution in [0, 0.1) is 5.82 Å². The molecule has 6 heteroatoms. The zero-order valence-electron chi connectivity index (χ0n) is 8.01. The van der Waals surface area contributed by atoms with Crippen LogP contribution in [0.15, 0.2) is 35.0 Å². The molecule has 82 valence electrons. The van der Waals surface area contributed by atoms with E-state index in [0.717, 1.165) is 6.07 Å². The highest BCUT2D eigenvalue weighted by Gasteiger charge is 2.17. The van der Waals surface area contributed by atoms with Gasteiger partial charge in [-0.05, 0) is 12.1 Å². The summed E-state index contributed by atoms with van der Waals surface area (Å²) in [4.78, 5) is 11.4. The van der Waals surface area contributed by atoms with Crippen molar-refractivity contribution in [3.63, 3.8) is 0 Å². The average molecular weight is 222 g/mol. The van der Waals surface area contributed by atoms with Gasteiger partial charge in [-0.1, -0.05) is 11.2 Å². The van der Waals surface area contributed by atoms with E-state index in [1.807, 2.05) is 0 Å². The Bertz CT molecular complexity index is 524. The van der Waals surface area contributed by atoms with Crippen LogP contribution in [0.4, 0.5) is 10.1 Å². The van der Waals surface area contributed by atoms with E-state index < -0.39 is 11.8 Å². The van der Waals surface area contributed by atoms with Gasteiger partial charge in [0.2, 0.25) is 0 Å². The Balaban J connectivity index is 2.17. The Morgan fingerprint density at radius 1 is 1.50 bits per heavy atom. The molecule has 5 nitrogen and oxygen atoms in total. The molecule has 0 aliphatic rings. The number of nitrogen functional groups attached to an aromatic ring is 1. The van der Waals surface area contributed by atoms with Crippen molar-refractivity contribution in [2.45, 2.75) is 0 Å². The lowest BCUT2D eigenvalue weighted by Gasteiger charge is -2.01. The summed E-state index contributed by atoms with van der Waals surface area (Å²) in [6, 6.07) is 5.17. The second kappa shape index (κ2) is 4.01. The summed E-state index contributed by atoms with van der Waals surface area (Å²) in [5.74, 6) is -1.46. The van der Waals surface area contributed by atoms with Gasteiger partial charge in [0.1, 0.15) is 17.3 Å². The molecule has 1 heterocycles. The number of nitrogens with two attached hydrogens (primary N) is 1. The van der Waals surface area contributed by atoms with Crippen molar-refractivity contribution < 1.29 is 18.4 Å². The van der Waals surface area contributed by atoms with E-state index >= 15 is 0 Å². The number of aromatic nitrogens is 1. The van der Waals surface area contributed by atoms with E-state index in [4.69, 9.17) is 10.5 Å². The largest absolute Gasteiger partial charge is 0.420 e. The molecule has 0 aliphatic carbocycles. The molecule has 16 heavy (non-hydrogen) atoms. The van der Waals surface area contributed by atoms with E-state index in [-0.39, 0.29) is 17.2 Å². The van der Waals surface area contributed by atoms with Gasteiger partial charge in [0, 0.05) is 6.07 Å². The molecule has 0 unspecified atom stereocenters. The van der Waals surface area contributed by atoms with Crippen LogP contribution in [0.2, 0.25) is 0 Å². The summed E-state index contributed by atoms with van der Waals surface area (Å²) >= 11 is 0. The van der Waals surface area contributed by atoms with Gasteiger partial charge in [0.15, 0.2) is 0 Å². The summed E-state index contributed by atoms with van der Waals surface area (Å²) in [5, 5.41) is 3.33. The van der Waals surface area contributed by atoms with Gasteiger partial charge < -0.3 is 15.0 Å². The first-order valence-corrected chi connectivity index (χ1v) is 4.34. The van der Waals surface area contributed by atoms with E-state index in [2.05, 4.69) is 9.68 Å².